The zero-order valence-corrected chi connectivity index (χ0v) is 13.3. The highest BCUT2D eigenvalue weighted by Gasteiger charge is 2.26. The van der Waals surface area contributed by atoms with E-state index in [1.807, 2.05) is 6.07 Å². The molecule has 2 aliphatic heterocycles. The summed E-state index contributed by atoms with van der Waals surface area (Å²) in [5.74, 6) is 0.118. The van der Waals surface area contributed by atoms with Gasteiger partial charge in [0, 0.05) is 42.1 Å². The van der Waals surface area contributed by atoms with E-state index in [0.717, 1.165) is 53.2 Å². The predicted octanol–water partition coefficient (Wildman–Crippen LogP) is 3.16. The summed E-state index contributed by atoms with van der Waals surface area (Å²) >= 11 is 0. The Hall–Kier alpha value is -2.83. The number of carbonyl (C=O) groups is 1. The number of fused-ring (bicyclic) bond motifs is 2. The highest BCUT2D eigenvalue weighted by molar-refractivity contribution is 5.89. The van der Waals surface area contributed by atoms with E-state index in [0.29, 0.717) is 13.2 Å². The molecule has 2 N–H and O–H groups in total. The first-order chi connectivity index (χ1) is 12.1. The molecule has 0 atom stereocenters. The predicted molar refractivity (Wildman–Crippen MR) is 87.1 cm³/mol. The lowest BCUT2D eigenvalue weighted by Crippen LogP contribution is -2.29. The van der Waals surface area contributed by atoms with Crippen molar-refractivity contribution in [1.82, 2.24) is 5.32 Å². The maximum atomic E-state index is 13.6. The van der Waals surface area contributed by atoms with Gasteiger partial charge in [0.2, 0.25) is 0 Å². The van der Waals surface area contributed by atoms with E-state index in [1.54, 1.807) is 0 Å². The van der Waals surface area contributed by atoms with E-state index in [9.17, 15) is 13.6 Å². The minimum Gasteiger partial charge on any atom is -0.493 e. The van der Waals surface area contributed by atoms with Crippen LogP contribution in [0.15, 0.2) is 24.3 Å². The Morgan fingerprint density at radius 2 is 1.96 bits per heavy atom. The van der Waals surface area contributed by atoms with Crippen molar-refractivity contribution in [3.63, 3.8) is 0 Å². The highest BCUT2D eigenvalue weighted by Crippen LogP contribution is 2.40. The fourth-order valence-electron chi connectivity index (χ4n) is 3.20. The number of halogens is 2. The van der Waals surface area contributed by atoms with Crippen LogP contribution in [0.1, 0.15) is 16.7 Å². The highest BCUT2D eigenvalue weighted by atomic mass is 19.1. The summed E-state index contributed by atoms with van der Waals surface area (Å²) < 4.78 is 37.9. The van der Waals surface area contributed by atoms with Gasteiger partial charge < -0.3 is 20.1 Å². The summed E-state index contributed by atoms with van der Waals surface area (Å²) in [5.41, 5.74) is 2.93. The third-order valence-electron chi connectivity index (χ3n) is 4.37. The molecule has 2 aromatic rings. The lowest BCUT2D eigenvalue weighted by Gasteiger charge is -2.14. The molecular formula is C18H16F2N2O3. The van der Waals surface area contributed by atoms with Gasteiger partial charge in [-0.25, -0.2) is 13.6 Å². The lowest BCUT2D eigenvalue weighted by molar-refractivity contribution is 0.251. The van der Waals surface area contributed by atoms with Crippen molar-refractivity contribution >= 4 is 11.7 Å². The van der Waals surface area contributed by atoms with Crippen LogP contribution < -0.4 is 20.1 Å². The van der Waals surface area contributed by atoms with Crippen LogP contribution in [-0.4, -0.2) is 19.2 Å². The maximum absolute atomic E-state index is 13.6. The molecule has 0 radical (unpaired) electrons. The van der Waals surface area contributed by atoms with Crippen LogP contribution in [0.5, 0.6) is 11.5 Å². The normalized spacial score (nSPS) is 14.3. The first-order valence-electron chi connectivity index (χ1n) is 8.05. The summed E-state index contributed by atoms with van der Waals surface area (Å²) in [6, 6.07) is 4.41. The Morgan fingerprint density at radius 3 is 2.80 bits per heavy atom. The van der Waals surface area contributed by atoms with Crippen LogP contribution >= 0.6 is 0 Å². The third kappa shape index (κ3) is 2.97. The molecule has 5 nitrogen and oxygen atoms in total. The molecule has 25 heavy (non-hydrogen) atoms. The van der Waals surface area contributed by atoms with Crippen molar-refractivity contribution in [2.45, 2.75) is 19.4 Å². The molecule has 0 bridgehead atoms. The van der Waals surface area contributed by atoms with Crippen LogP contribution in [0.3, 0.4) is 0 Å². The number of urea groups is 1. The first-order valence-corrected chi connectivity index (χ1v) is 8.05. The minimum absolute atomic E-state index is 0.0815. The zero-order valence-electron chi connectivity index (χ0n) is 13.3. The Labute approximate surface area is 142 Å². The number of carbonyl (C=O) groups excluding carboxylic acids is 1. The smallest absolute Gasteiger partial charge is 0.319 e. The van der Waals surface area contributed by atoms with Crippen molar-refractivity contribution in [1.29, 1.82) is 0 Å². The molecule has 0 aliphatic carbocycles. The molecule has 0 saturated heterocycles. The second-order valence-electron chi connectivity index (χ2n) is 5.95. The van der Waals surface area contributed by atoms with Crippen LogP contribution in [0, 0.1) is 11.6 Å². The van der Waals surface area contributed by atoms with E-state index in [2.05, 4.69) is 10.6 Å². The molecule has 130 valence electrons. The number of rotatable bonds is 3. The van der Waals surface area contributed by atoms with Crippen molar-refractivity contribution in [2.24, 2.45) is 0 Å². The topological polar surface area (TPSA) is 59.6 Å². The standard InChI is InChI=1S/C18H16F2N2O3/c19-11-1-2-15(14(20)8-11)22-18(23)21-9-13-12-4-6-24-16(12)7-10-3-5-25-17(10)13/h1-2,7-8H,3-6,9H2,(H2,21,22,23). The molecule has 2 amide bonds. The van der Waals surface area contributed by atoms with Gasteiger partial charge in [0.05, 0.1) is 18.9 Å². The molecular weight excluding hydrogens is 330 g/mol. The number of anilines is 1. The van der Waals surface area contributed by atoms with Gasteiger partial charge in [-0.15, -0.1) is 0 Å². The second-order valence-corrected chi connectivity index (χ2v) is 5.95. The van der Waals surface area contributed by atoms with Gasteiger partial charge in [0.15, 0.2) is 0 Å². The molecule has 2 aliphatic rings. The summed E-state index contributed by atoms with van der Waals surface area (Å²) in [7, 11) is 0. The van der Waals surface area contributed by atoms with Crippen molar-refractivity contribution < 1.29 is 23.0 Å². The quantitative estimate of drug-likeness (QED) is 0.898. The first kappa shape index (κ1) is 15.7. The summed E-state index contributed by atoms with van der Waals surface area (Å²) in [6.07, 6.45) is 1.57. The van der Waals surface area contributed by atoms with Crippen LogP contribution in [0.4, 0.5) is 19.3 Å². The molecule has 0 aromatic heterocycles. The van der Waals surface area contributed by atoms with Crippen molar-refractivity contribution in [3.8, 4) is 11.5 Å². The van der Waals surface area contributed by atoms with E-state index in [1.165, 1.54) is 6.07 Å². The van der Waals surface area contributed by atoms with Gasteiger partial charge in [0.25, 0.3) is 0 Å². The molecule has 2 heterocycles. The molecule has 0 saturated carbocycles. The molecule has 0 fully saturated rings. The van der Waals surface area contributed by atoms with E-state index >= 15 is 0 Å². The van der Waals surface area contributed by atoms with Crippen LogP contribution in [0.25, 0.3) is 0 Å². The van der Waals surface area contributed by atoms with Gasteiger partial charge in [0.1, 0.15) is 23.1 Å². The second kappa shape index (κ2) is 6.23. The van der Waals surface area contributed by atoms with E-state index in [4.69, 9.17) is 9.47 Å². The lowest BCUT2D eigenvalue weighted by atomic mass is 9.99. The average molecular weight is 346 g/mol. The minimum atomic E-state index is -0.826. The zero-order chi connectivity index (χ0) is 17.4. The SMILES string of the molecule is O=C(NCc1c2c(cc3c1OCC3)OCC2)Nc1ccc(F)cc1F. The number of amides is 2. The van der Waals surface area contributed by atoms with E-state index < -0.39 is 17.7 Å². The van der Waals surface area contributed by atoms with E-state index in [-0.39, 0.29) is 12.2 Å². The largest absolute Gasteiger partial charge is 0.493 e. The molecule has 4 rings (SSSR count). The van der Waals surface area contributed by atoms with Gasteiger partial charge >= 0.3 is 6.03 Å². The number of hydrogen-bond donors (Lipinski definition) is 2. The average Bonchev–Trinajstić information content (AvgIpc) is 3.22. The van der Waals surface area contributed by atoms with Gasteiger partial charge in [-0.1, -0.05) is 0 Å². The Morgan fingerprint density at radius 1 is 1.12 bits per heavy atom. The van der Waals surface area contributed by atoms with Crippen molar-refractivity contribution in [2.75, 3.05) is 18.5 Å². The van der Waals surface area contributed by atoms with Crippen LogP contribution in [-0.2, 0) is 19.4 Å². The fourth-order valence-corrected chi connectivity index (χ4v) is 3.20. The number of ether oxygens (including phenoxy) is 2. The molecule has 0 unspecified atom stereocenters. The summed E-state index contributed by atoms with van der Waals surface area (Å²) in [5, 5.41) is 5.08. The summed E-state index contributed by atoms with van der Waals surface area (Å²) in [6.45, 7) is 1.46. The Balaban J connectivity index is 1.49. The Bertz CT molecular complexity index is 822. The van der Waals surface area contributed by atoms with Crippen molar-refractivity contribution in [3.05, 3.63) is 52.6 Å². The number of benzene rings is 2. The molecule has 7 heteroatoms. The Kier molecular flexibility index (Phi) is 3.91. The third-order valence-corrected chi connectivity index (χ3v) is 4.37. The van der Waals surface area contributed by atoms with Crippen LogP contribution in [0.2, 0.25) is 0 Å². The molecule has 0 spiro atoms. The van der Waals surface area contributed by atoms with Gasteiger partial charge in [-0.2, -0.15) is 0 Å². The fraction of sp³-hybridized carbons (Fsp3) is 0.278. The maximum Gasteiger partial charge on any atom is 0.319 e. The monoisotopic (exact) mass is 346 g/mol. The van der Waals surface area contributed by atoms with Gasteiger partial charge in [-0.05, 0) is 18.2 Å². The van der Waals surface area contributed by atoms with Gasteiger partial charge in [-0.3, -0.25) is 0 Å². The number of nitrogens with one attached hydrogen (secondary N) is 2. The molecule has 2 aromatic carbocycles. The summed E-state index contributed by atoms with van der Waals surface area (Å²) in [4.78, 5) is 12.1. The number of hydrogen-bond acceptors (Lipinski definition) is 3.